The Bertz CT molecular complexity index is 1790. The van der Waals surface area contributed by atoms with E-state index in [1.54, 1.807) is 0 Å². The number of Topliss-reactive ketones (excluding diaryl/α,β-unsaturated/α-hetero) is 1. The van der Waals surface area contributed by atoms with Crippen LogP contribution in [-0.4, -0.2) is 56.7 Å². The van der Waals surface area contributed by atoms with Crippen molar-refractivity contribution in [1.29, 1.82) is 0 Å². The van der Waals surface area contributed by atoms with E-state index in [0.29, 0.717) is 11.1 Å². The second-order valence-electron chi connectivity index (χ2n) is 16.3. The lowest BCUT2D eigenvalue weighted by molar-refractivity contribution is -0.110. The van der Waals surface area contributed by atoms with Gasteiger partial charge >= 0.3 is 0 Å². The summed E-state index contributed by atoms with van der Waals surface area (Å²) in [5.41, 5.74) is 0.947. The summed E-state index contributed by atoms with van der Waals surface area (Å²) >= 11 is 0. The van der Waals surface area contributed by atoms with Crippen molar-refractivity contribution < 1.29 is 30.3 Å². The lowest BCUT2D eigenvalue weighted by Gasteiger charge is -2.46. The van der Waals surface area contributed by atoms with Crippen molar-refractivity contribution >= 4 is 30.2 Å². The summed E-state index contributed by atoms with van der Waals surface area (Å²) in [7, 11) is -0.549. The minimum absolute atomic E-state index is 0.0324. The maximum atomic E-state index is 14.2. The van der Waals surface area contributed by atoms with Gasteiger partial charge in [0.1, 0.15) is 41.8 Å². The highest BCUT2D eigenvalue weighted by Gasteiger charge is 2.50. The molecule has 0 atom stereocenters. The number of carbonyl (C=O) groups excluding carboxylic acids is 1. The van der Waals surface area contributed by atoms with E-state index in [-0.39, 0.29) is 55.8 Å². The maximum Gasteiger partial charge on any atom is 0.214 e. The van der Waals surface area contributed by atoms with Gasteiger partial charge < -0.3 is 25.5 Å². The second-order valence-corrected chi connectivity index (χ2v) is 18.7. The topological polar surface area (TPSA) is 121 Å². The first-order valence-electron chi connectivity index (χ1n) is 15.9. The summed E-state index contributed by atoms with van der Waals surface area (Å²) in [6.07, 6.45) is 5.43. The molecule has 2 aromatic carbocycles. The van der Waals surface area contributed by atoms with E-state index in [9.17, 15) is 30.3 Å². The van der Waals surface area contributed by atoms with Crippen molar-refractivity contribution in [3.8, 4) is 23.0 Å². The van der Waals surface area contributed by atoms with Crippen LogP contribution in [0.4, 0.5) is 0 Å². The van der Waals surface area contributed by atoms with Gasteiger partial charge in [0.2, 0.25) is 11.1 Å². The molecule has 0 radical (unpaired) electrons. The number of nitrogens with zero attached hydrogens (tertiary/aromatic N) is 1. The van der Waals surface area contributed by atoms with Crippen LogP contribution in [0.5, 0.6) is 23.0 Å². The first-order chi connectivity index (χ1) is 20.3. The van der Waals surface area contributed by atoms with Crippen LogP contribution in [-0.2, 0) is 26.5 Å². The van der Waals surface area contributed by atoms with Gasteiger partial charge in [0.25, 0.3) is 0 Å². The molecule has 0 unspecified atom stereocenters. The number of carbonyl (C=O) groups is 1. The molecule has 4 heterocycles. The lowest BCUT2D eigenvalue weighted by atomic mass is 9.69. The molecular weight excluding hydrogens is 573 g/mol. The number of aliphatic hydroxyl groups is 1. The van der Waals surface area contributed by atoms with Crippen molar-refractivity contribution in [2.75, 3.05) is 25.4 Å². The summed E-state index contributed by atoms with van der Waals surface area (Å²) in [6.45, 7) is 18.2. The number of benzene rings is 2. The van der Waals surface area contributed by atoms with E-state index in [2.05, 4.69) is 60.0 Å². The molecule has 0 amide bonds. The molecule has 0 saturated heterocycles. The number of aromatic hydroxyl groups is 4. The predicted octanol–water partition coefficient (Wildman–Crippen LogP) is 4.54. The van der Waals surface area contributed by atoms with E-state index in [1.165, 1.54) is 0 Å². The SMILES string of the molecule is CC1(C)CCP2CCC(C)(C)c3c(O)c(C4=C(O)C(=c5c(O)c6c7c(c5O)C(C)(C)CC[N+]=7CCC6(C)C)C4=O)c(O)c1c32. The van der Waals surface area contributed by atoms with E-state index >= 15 is 0 Å². The Kier molecular flexibility index (Phi) is 5.94. The predicted molar refractivity (Wildman–Crippen MR) is 175 cm³/mol. The summed E-state index contributed by atoms with van der Waals surface area (Å²) < 4.78 is 2.21. The Morgan fingerprint density at radius 1 is 0.591 bits per heavy atom. The first kappa shape index (κ1) is 29.6. The second kappa shape index (κ2) is 8.81. The lowest BCUT2D eigenvalue weighted by Crippen LogP contribution is -2.53. The van der Waals surface area contributed by atoms with Crippen LogP contribution in [0.1, 0.15) is 109 Å². The van der Waals surface area contributed by atoms with Gasteiger partial charge in [-0.15, -0.1) is 0 Å². The highest BCUT2D eigenvalue weighted by molar-refractivity contribution is 7.66. The van der Waals surface area contributed by atoms with Gasteiger partial charge in [-0.25, -0.2) is 4.58 Å². The fourth-order valence-corrected chi connectivity index (χ4v) is 12.6. The largest absolute Gasteiger partial charge is 0.507 e. The van der Waals surface area contributed by atoms with Crippen molar-refractivity contribution in [2.45, 2.75) is 103 Å². The van der Waals surface area contributed by atoms with Crippen LogP contribution in [0.3, 0.4) is 0 Å². The summed E-state index contributed by atoms with van der Waals surface area (Å²) in [5, 5.41) is 61.0. The molecular formula is C36H45NO6P+. The number of aliphatic hydroxyl groups excluding tert-OH is 1. The maximum absolute atomic E-state index is 14.2. The van der Waals surface area contributed by atoms with Gasteiger partial charge in [0.15, 0.2) is 0 Å². The van der Waals surface area contributed by atoms with Crippen LogP contribution in [0.15, 0.2) is 5.76 Å². The molecule has 5 N–H and O–H groups in total. The Morgan fingerprint density at radius 3 is 1.45 bits per heavy atom. The number of allylic oxidation sites excluding steroid dienone is 2. The molecule has 2 aromatic rings. The molecule has 5 aliphatic rings. The monoisotopic (exact) mass is 618 g/mol. The highest BCUT2D eigenvalue weighted by Crippen LogP contribution is 2.61. The number of hydrogen-bond acceptors (Lipinski definition) is 6. The quantitative estimate of drug-likeness (QED) is 0.237. The fraction of sp³-hybridized carbons (Fsp3) is 0.556. The van der Waals surface area contributed by atoms with E-state index < -0.39 is 30.3 Å². The molecule has 4 aliphatic heterocycles. The third kappa shape index (κ3) is 3.59. The fourth-order valence-electron chi connectivity index (χ4n) is 8.79. The number of rotatable bonds is 1. The van der Waals surface area contributed by atoms with Gasteiger partial charge in [-0.1, -0.05) is 63.3 Å². The number of phenolic OH excluding ortho intramolecular Hbond substituents is 4. The third-order valence-corrected chi connectivity index (χ3v) is 14.2. The average Bonchev–Trinajstić information content (AvgIpc) is 2.90. The Hall–Kier alpha value is -3.05. The average molecular weight is 619 g/mol. The molecule has 0 fully saturated rings. The van der Waals surface area contributed by atoms with Gasteiger partial charge in [0, 0.05) is 34.8 Å². The first-order valence-corrected chi connectivity index (χ1v) is 17.7. The third-order valence-electron chi connectivity index (χ3n) is 11.6. The standard InChI is InChI=1S/C36H44NO6P/c1-33(2)9-13-37-14-10-34(3,4)22-25(37)21(33)28(40)19(29(22)41)17-26(38)18(27(17)39)20-30(42)23-32-24(31(20)43)36(7,8)12-16-44(32)15-11-35(23,5)6/h9-16H2,1-8H3,(H4,38,39,40,41,42,43)/p+1. The molecule has 0 saturated carbocycles. The van der Waals surface area contributed by atoms with E-state index in [1.807, 2.05) is 0 Å². The van der Waals surface area contributed by atoms with Crippen LogP contribution in [0, 0.1) is 0 Å². The Morgan fingerprint density at radius 2 is 1.02 bits per heavy atom. The van der Waals surface area contributed by atoms with E-state index in [4.69, 9.17) is 0 Å². The minimum atomic E-state index is -0.610. The van der Waals surface area contributed by atoms with Crippen molar-refractivity contribution in [2.24, 2.45) is 0 Å². The van der Waals surface area contributed by atoms with Gasteiger partial charge in [-0.05, 0) is 41.3 Å². The van der Waals surface area contributed by atoms with Crippen molar-refractivity contribution in [3.63, 3.8) is 0 Å². The summed E-state index contributed by atoms with van der Waals surface area (Å²) in [4.78, 5) is 14.2. The van der Waals surface area contributed by atoms with E-state index in [0.717, 1.165) is 72.9 Å². The molecule has 44 heavy (non-hydrogen) atoms. The summed E-state index contributed by atoms with van der Waals surface area (Å²) in [5.74, 6) is -1.70. The van der Waals surface area contributed by atoms with Crippen LogP contribution in [0.2, 0.25) is 0 Å². The zero-order valence-corrected chi connectivity index (χ0v) is 28.1. The molecule has 8 heteroatoms. The van der Waals surface area contributed by atoms with Crippen LogP contribution >= 0.6 is 7.92 Å². The number of hydrogen-bond donors (Lipinski definition) is 5. The zero-order valence-electron chi connectivity index (χ0n) is 27.2. The molecule has 0 bridgehead atoms. The van der Waals surface area contributed by atoms with Crippen LogP contribution in [0.25, 0.3) is 11.1 Å². The number of phenols is 4. The van der Waals surface area contributed by atoms with Crippen molar-refractivity contribution in [1.82, 2.24) is 4.58 Å². The smallest absolute Gasteiger partial charge is 0.214 e. The van der Waals surface area contributed by atoms with Crippen molar-refractivity contribution in [3.05, 3.63) is 44.2 Å². The van der Waals surface area contributed by atoms with Gasteiger partial charge in [-0.3, -0.25) is 4.79 Å². The Labute approximate surface area is 260 Å². The van der Waals surface area contributed by atoms with Gasteiger partial charge in [-0.2, -0.15) is 0 Å². The highest BCUT2D eigenvalue weighted by atomic mass is 31.1. The molecule has 7 rings (SSSR count). The normalized spacial score (nSPS) is 24.1. The minimum Gasteiger partial charge on any atom is -0.507 e. The van der Waals surface area contributed by atoms with Gasteiger partial charge in [0.05, 0.1) is 33.1 Å². The summed E-state index contributed by atoms with van der Waals surface area (Å²) in [6, 6.07) is 0. The Balaban J connectivity index is 1.58. The molecule has 0 aromatic heterocycles. The molecule has 234 valence electrons. The molecule has 7 nitrogen and oxygen atoms in total. The molecule has 0 spiro atoms. The number of ketones is 1. The molecule has 1 aliphatic carbocycles. The van der Waals surface area contributed by atoms with Crippen LogP contribution < -0.4 is 20.5 Å². The zero-order chi connectivity index (χ0) is 32.0.